The Kier molecular flexibility index (Phi) is 4.42. The van der Waals surface area contributed by atoms with Crippen LogP contribution in [0.5, 0.6) is 0 Å². The Bertz CT molecular complexity index is 493. The molecule has 0 aliphatic carbocycles. The molecule has 1 aromatic heterocycles. The molecule has 96 valence electrons. The molecular formula is C14H19N3S. The first-order valence-electron chi connectivity index (χ1n) is 6.30. The summed E-state index contributed by atoms with van der Waals surface area (Å²) in [6, 6.07) is 10.9. The van der Waals surface area contributed by atoms with E-state index in [9.17, 15) is 0 Å². The van der Waals surface area contributed by atoms with Crippen LogP contribution in [0, 0.1) is 6.92 Å². The van der Waals surface area contributed by atoms with E-state index in [4.69, 9.17) is 0 Å². The van der Waals surface area contributed by atoms with Gasteiger partial charge in [0.05, 0.1) is 0 Å². The molecule has 1 heterocycles. The quantitative estimate of drug-likeness (QED) is 0.766. The van der Waals surface area contributed by atoms with Gasteiger partial charge in [0.15, 0.2) is 5.16 Å². The Hall–Kier alpha value is -1.29. The van der Waals surface area contributed by atoms with Crippen LogP contribution < -0.4 is 0 Å². The van der Waals surface area contributed by atoms with E-state index in [1.165, 1.54) is 5.56 Å². The maximum Gasteiger partial charge on any atom is 0.191 e. The van der Waals surface area contributed by atoms with Crippen molar-refractivity contribution in [2.75, 3.05) is 0 Å². The minimum atomic E-state index is 0.457. The molecule has 0 aliphatic heterocycles. The molecule has 0 radical (unpaired) electrons. The van der Waals surface area contributed by atoms with Gasteiger partial charge in [0.25, 0.3) is 0 Å². The Morgan fingerprint density at radius 2 is 1.94 bits per heavy atom. The number of aryl methyl sites for hydroxylation is 1. The smallest absolute Gasteiger partial charge is 0.191 e. The minimum Gasteiger partial charge on any atom is -0.303 e. The number of thioether (sulfide) groups is 1. The molecule has 0 N–H and O–H groups in total. The van der Waals surface area contributed by atoms with E-state index in [1.807, 2.05) is 13.0 Å². The molecule has 1 aromatic carbocycles. The highest BCUT2D eigenvalue weighted by Crippen LogP contribution is 2.25. The van der Waals surface area contributed by atoms with E-state index in [-0.39, 0.29) is 0 Å². The normalized spacial score (nSPS) is 12.6. The highest BCUT2D eigenvalue weighted by Gasteiger charge is 2.13. The Balaban J connectivity index is 2.10. The van der Waals surface area contributed by atoms with E-state index in [0.717, 1.165) is 23.2 Å². The van der Waals surface area contributed by atoms with E-state index in [0.29, 0.717) is 6.04 Å². The SMILES string of the molecule is CCC(C)n1c(C)nnc1SCc1ccccc1. The van der Waals surface area contributed by atoms with Gasteiger partial charge in [-0.1, -0.05) is 49.0 Å². The molecular weight excluding hydrogens is 242 g/mol. The molecule has 1 atom stereocenters. The van der Waals surface area contributed by atoms with E-state index in [2.05, 4.69) is 52.9 Å². The molecule has 0 aliphatic rings. The van der Waals surface area contributed by atoms with Gasteiger partial charge >= 0.3 is 0 Å². The second-order valence-electron chi connectivity index (χ2n) is 4.43. The summed E-state index contributed by atoms with van der Waals surface area (Å²) in [5.74, 6) is 1.94. The summed E-state index contributed by atoms with van der Waals surface area (Å²) in [6.07, 6.45) is 1.10. The predicted octanol–water partition coefficient (Wildman–Crippen LogP) is 3.85. The first kappa shape index (κ1) is 13.1. The lowest BCUT2D eigenvalue weighted by Crippen LogP contribution is -2.07. The standard InChI is InChI=1S/C14H19N3S/c1-4-11(2)17-12(3)15-16-14(17)18-10-13-8-6-5-7-9-13/h5-9,11H,4,10H2,1-3H3. The van der Waals surface area contributed by atoms with Gasteiger partial charge < -0.3 is 4.57 Å². The number of hydrogen-bond donors (Lipinski definition) is 0. The van der Waals surface area contributed by atoms with Crippen LogP contribution in [0.25, 0.3) is 0 Å². The third kappa shape index (κ3) is 2.93. The molecule has 0 saturated carbocycles. The zero-order valence-corrected chi connectivity index (χ0v) is 11.9. The van der Waals surface area contributed by atoms with Crippen molar-refractivity contribution in [3.8, 4) is 0 Å². The maximum atomic E-state index is 4.28. The van der Waals surface area contributed by atoms with Crippen molar-refractivity contribution in [1.82, 2.24) is 14.8 Å². The number of aromatic nitrogens is 3. The fourth-order valence-electron chi connectivity index (χ4n) is 1.86. The van der Waals surface area contributed by atoms with E-state index >= 15 is 0 Å². The molecule has 0 fully saturated rings. The zero-order valence-electron chi connectivity index (χ0n) is 11.1. The molecule has 3 nitrogen and oxygen atoms in total. The first-order valence-corrected chi connectivity index (χ1v) is 7.29. The number of rotatable bonds is 5. The average Bonchev–Trinajstić information content (AvgIpc) is 2.78. The van der Waals surface area contributed by atoms with Crippen LogP contribution in [0.3, 0.4) is 0 Å². The number of benzene rings is 1. The van der Waals surface area contributed by atoms with Crippen molar-refractivity contribution >= 4 is 11.8 Å². The summed E-state index contributed by atoms with van der Waals surface area (Å²) in [5, 5.41) is 9.48. The van der Waals surface area contributed by atoms with E-state index in [1.54, 1.807) is 11.8 Å². The minimum absolute atomic E-state index is 0.457. The van der Waals surface area contributed by atoms with Crippen LogP contribution in [-0.2, 0) is 5.75 Å². The third-order valence-corrected chi connectivity index (χ3v) is 4.09. The van der Waals surface area contributed by atoms with Crippen LogP contribution in [-0.4, -0.2) is 14.8 Å². The molecule has 0 spiro atoms. The molecule has 0 amide bonds. The summed E-state index contributed by atoms with van der Waals surface area (Å²) in [5.41, 5.74) is 1.32. The molecule has 0 saturated heterocycles. The van der Waals surface area contributed by atoms with Gasteiger partial charge in [0.1, 0.15) is 5.82 Å². The molecule has 2 rings (SSSR count). The first-order chi connectivity index (χ1) is 8.72. The largest absolute Gasteiger partial charge is 0.303 e. The summed E-state index contributed by atoms with van der Waals surface area (Å²) in [7, 11) is 0. The molecule has 2 aromatic rings. The summed E-state index contributed by atoms with van der Waals surface area (Å²) in [4.78, 5) is 0. The van der Waals surface area contributed by atoms with Gasteiger partial charge in [0, 0.05) is 11.8 Å². The van der Waals surface area contributed by atoms with Crippen molar-refractivity contribution in [2.24, 2.45) is 0 Å². The van der Waals surface area contributed by atoms with Crippen LogP contribution in [0.2, 0.25) is 0 Å². The van der Waals surface area contributed by atoms with Gasteiger partial charge in [0.2, 0.25) is 0 Å². The Morgan fingerprint density at radius 1 is 1.22 bits per heavy atom. The highest BCUT2D eigenvalue weighted by molar-refractivity contribution is 7.98. The van der Waals surface area contributed by atoms with Crippen molar-refractivity contribution in [2.45, 2.75) is 44.1 Å². The van der Waals surface area contributed by atoms with Crippen LogP contribution in [0.4, 0.5) is 0 Å². The molecule has 4 heteroatoms. The topological polar surface area (TPSA) is 30.7 Å². The van der Waals surface area contributed by atoms with Gasteiger partial charge in [-0.15, -0.1) is 10.2 Å². The lowest BCUT2D eigenvalue weighted by Gasteiger charge is -2.14. The van der Waals surface area contributed by atoms with Crippen LogP contribution in [0.15, 0.2) is 35.5 Å². The number of nitrogens with zero attached hydrogens (tertiary/aromatic N) is 3. The van der Waals surface area contributed by atoms with Crippen molar-refractivity contribution in [1.29, 1.82) is 0 Å². The monoisotopic (exact) mass is 261 g/mol. The van der Waals surface area contributed by atoms with Crippen molar-refractivity contribution < 1.29 is 0 Å². The van der Waals surface area contributed by atoms with E-state index < -0.39 is 0 Å². The highest BCUT2D eigenvalue weighted by atomic mass is 32.2. The Morgan fingerprint density at radius 3 is 2.61 bits per heavy atom. The summed E-state index contributed by atoms with van der Waals surface area (Å²) < 4.78 is 2.23. The second-order valence-corrected chi connectivity index (χ2v) is 5.37. The lowest BCUT2D eigenvalue weighted by molar-refractivity contribution is 0.481. The van der Waals surface area contributed by atoms with Gasteiger partial charge in [-0.25, -0.2) is 0 Å². The summed E-state index contributed by atoms with van der Waals surface area (Å²) >= 11 is 1.75. The van der Waals surface area contributed by atoms with Crippen LogP contribution >= 0.6 is 11.8 Å². The molecule has 18 heavy (non-hydrogen) atoms. The predicted molar refractivity (Wildman–Crippen MR) is 75.8 cm³/mol. The fraction of sp³-hybridized carbons (Fsp3) is 0.429. The van der Waals surface area contributed by atoms with Gasteiger partial charge in [-0.3, -0.25) is 0 Å². The fourth-order valence-corrected chi connectivity index (χ4v) is 2.90. The summed E-state index contributed by atoms with van der Waals surface area (Å²) in [6.45, 7) is 6.42. The van der Waals surface area contributed by atoms with Crippen molar-refractivity contribution in [3.63, 3.8) is 0 Å². The zero-order chi connectivity index (χ0) is 13.0. The van der Waals surface area contributed by atoms with Crippen molar-refractivity contribution in [3.05, 3.63) is 41.7 Å². The third-order valence-electron chi connectivity index (χ3n) is 3.08. The van der Waals surface area contributed by atoms with Gasteiger partial charge in [-0.2, -0.15) is 0 Å². The van der Waals surface area contributed by atoms with Crippen LogP contribution in [0.1, 0.15) is 37.7 Å². The lowest BCUT2D eigenvalue weighted by atomic mass is 10.2. The average molecular weight is 261 g/mol. The second kappa shape index (κ2) is 6.05. The molecule has 0 bridgehead atoms. The van der Waals surface area contributed by atoms with Gasteiger partial charge in [-0.05, 0) is 25.8 Å². The number of hydrogen-bond acceptors (Lipinski definition) is 3. The Labute approximate surface area is 113 Å². The maximum absolute atomic E-state index is 4.28. The molecule has 1 unspecified atom stereocenters.